The molecule has 0 saturated carbocycles. The van der Waals surface area contributed by atoms with Crippen molar-refractivity contribution in [2.45, 2.75) is 25.9 Å². The quantitative estimate of drug-likeness (QED) is 0.846. The number of hydrogen-bond acceptors (Lipinski definition) is 5. The largest absolute Gasteiger partial charge is 0.463 e. The number of nitrogens with one attached hydrogen (secondary N) is 1. The number of hydrogen-bond donors (Lipinski definition) is 1. The van der Waals surface area contributed by atoms with Gasteiger partial charge in [0.05, 0.1) is 13.4 Å². The van der Waals surface area contributed by atoms with E-state index in [9.17, 15) is 4.79 Å². The second kappa shape index (κ2) is 5.58. The van der Waals surface area contributed by atoms with Crippen LogP contribution >= 0.6 is 0 Å². The molecular formula is C15H22N2O3. The van der Waals surface area contributed by atoms with E-state index in [1.54, 1.807) is 6.26 Å². The summed E-state index contributed by atoms with van der Waals surface area (Å²) in [6, 6.07) is 2.47. The molecule has 1 aromatic heterocycles. The Morgan fingerprint density at radius 3 is 3.15 bits per heavy atom. The smallest absolute Gasteiger partial charge is 0.374 e. The fourth-order valence-corrected chi connectivity index (χ4v) is 3.80. The third-order valence-corrected chi connectivity index (χ3v) is 4.73. The number of carbonyl (C=O) groups excluding carboxylic acids is 1. The molecule has 5 nitrogen and oxygen atoms in total. The molecule has 2 aliphatic rings. The number of ether oxygens (including phenoxy) is 1. The highest BCUT2D eigenvalue weighted by atomic mass is 16.5. The van der Waals surface area contributed by atoms with Crippen molar-refractivity contribution in [2.75, 3.05) is 26.7 Å². The molecule has 0 aromatic carbocycles. The zero-order valence-corrected chi connectivity index (χ0v) is 12.1. The van der Waals surface area contributed by atoms with Crippen LogP contribution in [0.2, 0.25) is 0 Å². The van der Waals surface area contributed by atoms with Crippen molar-refractivity contribution in [2.24, 2.45) is 11.8 Å². The molecule has 2 aliphatic heterocycles. The Morgan fingerprint density at radius 2 is 2.40 bits per heavy atom. The van der Waals surface area contributed by atoms with Gasteiger partial charge in [-0.05, 0) is 37.4 Å². The van der Waals surface area contributed by atoms with Crippen LogP contribution in [-0.4, -0.2) is 43.7 Å². The summed E-state index contributed by atoms with van der Waals surface area (Å²) in [6.07, 6.45) is 2.72. The van der Waals surface area contributed by atoms with E-state index in [1.807, 2.05) is 6.07 Å². The molecule has 0 amide bonds. The normalized spacial score (nSPS) is 29.6. The molecule has 110 valence electrons. The number of likely N-dealkylation sites (tertiary alicyclic amines) is 1. The van der Waals surface area contributed by atoms with Gasteiger partial charge >= 0.3 is 5.97 Å². The first kappa shape index (κ1) is 13.6. The molecule has 2 fully saturated rings. The zero-order valence-electron chi connectivity index (χ0n) is 12.1. The lowest BCUT2D eigenvalue weighted by atomic mass is 9.93. The summed E-state index contributed by atoms with van der Waals surface area (Å²) in [5.74, 6) is 1.44. The van der Waals surface area contributed by atoms with Crippen LogP contribution in [0.4, 0.5) is 0 Å². The molecule has 0 aliphatic carbocycles. The molecule has 1 aromatic rings. The molecule has 20 heavy (non-hydrogen) atoms. The predicted molar refractivity (Wildman–Crippen MR) is 74.4 cm³/mol. The van der Waals surface area contributed by atoms with Crippen molar-refractivity contribution in [3.63, 3.8) is 0 Å². The molecule has 3 unspecified atom stereocenters. The Hall–Kier alpha value is -1.33. The maximum Gasteiger partial charge on any atom is 0.374 e. The second-order valence-electron chi connectivity index (χ2n) is 5.75. The molecule has 3 heterocycles. The molecule has 3 rings (SSSR count). The molecule has 0 spiro atoms. The van der Waals surface area contributed by atoms with Gasteiger partial charge in [0.15, 0.2) is 0 Å². The van der Waals surface area contributed by atoms with Gasteiger partial charge in [0, 0.05) is 24.7 Å². The summed E-state index contributed by atoms with van der Waals surface area (Å²) in [5.41, 5.74) is 0.934. The summed E-state index contributed by atoms with van der Waals surface area (Å²) in [5, 5.41) is 3.49. The zero-order chi connectivity index (χ0) is 14.1. The lowest BCUT2D eigenvalue weighted by Gasteiger charge is -2.26. The van der Waals surface area contributed by atoms with E-state index in [0.717, 1.165) is 50.0 Å². The number of rotatable bonds is 4. The maximum atomic E-state index is 11.7. The van der Waals surface area contributed by atoms with Crippen molar-refractivity contribution < 1.29 is 13.9 Å². The van der Waals surface area contributed by atoms with Crippen molar-refractivity contribution in [3.8, 4) is 0 Å². The number of nitrogens with zero attached hydrogens (tertiary/aromatic N) is 1. The first-order valence-electron chi connectivity index (χ1n) is 7.34. The number of furan rings is 1. The lowest BCUT2D eigenvalue weighted by Crippen LogP contribution is -2.34. The van der Waals surface area contributed by atoms with Crippen molar-refractivity contribution in [3.05, 3.63) is 23.7 Å². The Bertz CT molecular complexity index is 485. The van der Waals surface area contributed by atoms with Crippen LogP contribution in [0.25, 0.3) is 0 Å². The highest BCUT2D eigenvalue weighted by Crippen LogP contribution is 2.35. The highest BCUT2D eigenvalue weighted by molar-refractivity contribution is 5.87. The molecular weight excluding hydrogens is 256 g/mol. The molecule has 2 saturated heterocycles. The summed E-state index contributed by atoms with van der Waals surface area (Å²) in [7, 11) is 1.38. The SMILES string of the molecule is CCC1C2CNCC2CN1Cc1ccoc1C(=O)OC. The van der Waals surface area contributed by atoms with Crippen LogP contribution in [0.3, 0.4) is 0 Å². The third-order valence-electron chi connectivity index (χ3n) is 4.73. The van der Waals surface area contributed by atoms with E-state index in [1.165, 1.54) is 7.11 Å². The summed E-state index contributed by atoms with van der Waals surface area (Å²) in [6.45, 7) is 6.35. The van der Waals surface area contributed by atoms with Gasteiger partial charge in [0.25, 0.3) is 0 Å². The second-order valence-corrected chi connectivity index (χ2v) is 5.75. The van der Waals surface area contributed by atoms with E-state index < -0.39 is 0 Å². The Morgan fingerprint density at radius 1 is 1.55 bits per heavy atom. The minimum atomic E-state index is -0.390. The molecule has 0 bridgehead atoms. The van der Waals surface area contributed by atoms with E-state index in [0.29, 0.717) is 11.8 Å². The number of carbonyl (C=O) groups is 1. The van der Waals surface area contributed by atoms with Crippen molar-refractivity contribution in [1.29, 1.82) is 0 Å². The van der Waals surface area contributed by atoms with Gasteiger partial charge in [-0.3, -0.25) is 4.90 Å². The van der Waals surface area contributed by atoms with Gasteiger partial charge in [-0.25, -0.2) is 4.79 Å². The average Bonchev–Trinajstić information content (AvgIpc) is 3.13. The van der Waals surface area contributed by atoms with Crippen LogP contribution in [0.5, 0.6) is 0 Å². The summed E-state index contributed by atoms with van der Waals surface area (Å²) >= 11 is 0. The van der Waals surface area contributed by atoms with E-state index >= 15 is 0 Å². The predicted octanol–water partition coefficient (Wildman–Crippen LogP) is 1.50. The van der Waals surface area contributed by atoms with Crippen LogP contribution in [0.1, 0.15) is 29.5 Å². The van der Waals surface area contributed by atoms with Crippen LogP contribution in [0.15, 0.2) is 16.7 Å². The minimum absolute atomic E-state index is 0.345. The van der Waals surface area contributed by atoms with Crippen LogP contribution in [0, 0.1) is 11.8 Å². The first-order valence-corrected chi connectivity index (χ1v) is 7.34. The van der Waals surface area contributed by atoms with E-state index in [2.05, 4.69) is 17.1 Å². The number of fused-ring (bicyclic) bond motifs is 1. The molecule has 5 heteroatoms. The topological polar surface area (TPSA) is 54.7 Å². The van der Waals surface area contributed by atoms with Gasteiger partial charge in [-0.15, -0.1) is 0 Å². The number of methoxy groups -OCH3 is 1. The fourth-order valence-electron chi connectivity index (χ4n) is 3.80. The van der Waals surface area contributed by atoms with Crippen LogP contribution < -0.4 is 5.32 Å². The molecule has 1 N–H and O–H groups in total. The van der Waals surface area contributed by atoms with E-state index in [-0.39, 0.29) is 5.97 Å². The average molecular weight is 278 g/mol. The van der Waals surface area contributed by atoms with Gasteiger partial charge in [-0.1, -0.05) is 6.92 Å². The summed E-state index contributed by atoms with van der Waals surface area (Å²) in [4.78, 5) is 14.2. The van der Waals surface area contributed by atoms with Crippen molar-refractivity contribution >= 4 is 5.97 Å². The minimum Gasteiger partial charge on any atom is -0.463 e. The number of esters is 1. The maximum absolute atomic E-state index is 11.7. The summed E-state index contributed by atoms with van der Waals surface area (Å²) < 4.78 is 10.0. The van der Waals surface area contributed by atoms with Gasteiger partial charge < -0.3 is 14.5 Å². The molecule has 3 atom stereocenters. The Balaban J connectivity index is 1.75. The Labute approximate surface area is 119 Å². The van der Waals surface area contributed by atoms with Gasteiger partial charge in [0.1, 0.15) is 0 Å². The van der Waals surface area contributed by atoms with Crippen LogP contribution in [-0.2, 0) is 11.3 Å². The van der Waals surface area contributed by atoms with Crippen molar-refractivity contribution in [1.82, 2.24) is 10.2 Å². The third kappa shape index (κ3) is 2.25. The standard InChI is InChI=1S/C15H22N2O3/c1-3-13-12-7-16-6-11(12)9-17(13)8-10-4-5-20-14(10)15(18)19-2/h4-5,11-13,16H,3,6-9H2,1-2H3. The fraction of sp³-hybridized carbons (Fsp3) is 0.667. The highest BCUT2D eigenvalue weighted by Gasteiger charge is 2.43. The first-order chi connectivity index (χ1) is 9.74. The van der Waals surface area contributed by atoms with Gasteiger partial charge in [-0.2, -0.15) is 0 Å². The lowest BCUT2D eigenvalue weighted by molar-refractivity contribution is 0.0561. The monoisotopic (exact) mass is 278 g/mol. The van der Waals surface area contributed by atoms with Gasteiger partial charge in [0.2, 0.25) is 5.76 Å². The van der Waals surface area contributed by atoms with E-state index in [4.69, 9.17) is 9.15 Å². The Kier molecular flexibility index (Phi) is 3.81. The molecule has 0 radical (unpaired) electrons.